The minimum absolute atomic E-state index is 0.0311. The predicted molar refractivity (Wildman–Crippen MR) is 122 cm³/mol. The predicted octanol–water partition coefficient (Wildman–Crippen LogP) is 4.41. The van der Waals surface area contributed by atoms with Gasteiger partial charge in [-0.25, -0.2) is 0 Å². The van der Waals surface area contributed by atoms with Gasteiger partial charge < -0.3 is 9.88 Å². The summed E-state index contributed by atoms with van der Waals surface area (Å²) in [6.07, 6.45) is 3.04. The summed E-state index contributed by atoms with van der Waals surface area (Å²) in [5, 5.41) is 12.2. The molecule has 1 aromatic heterocycles. The van der Waals surface area contributed by atoms with E-state index in [0.717, 1.165) is 36.8 Å². The fraction of sp³-hybridized carbons (Fsp3) is 0.545. The Morgan fingerprint density at radius 3 is 2.57 bits per heavy atom. The fourth-order valence-electron chi connectivity index (χ4n) is 3.21. The van der Waals surface area contributed by atoms with Crippen molar-refractivity contribution in [3.8, 4) is 0 Å². The van der Waals surface area contributed by atoms with Crippen LogP contribution in [-0.2, 0) is 11.3 Å². The highest BCUT2D eigenvalue weighted by molar-refractivity contribution is 8.00. The molecule has 0 aliphatic carbocycles. The van der Waals surface area contributed by atoms with Crippen LogP contribution in [-0.4, -0.2) is 50.7 Å². The normalized spacial score (nSPS) is 13.3. The molecule has 0 spiro atoms. The number of benzene rings is 1. The van der Waals surface area contributed by atoms with Crippen LogP contribution in [0.5, 0.6) is 0 Å². The summed E-state index contributed by atoms with van der Waals surface area (Å²) >= 11 is 1.41. The third kappa shape index (κ3) is 6.15. The number of unbranched alkanes of at least 4 members (excludes halogenated alkanes) is 1. The zero-order valence-corrected chi connectivity index (χ0v) is 19.6. The van der Waals surface area contributed by atoms with Crippen molar-refractivity contribution in [3.05, 3.63) is 35.7 Å². The molecule has 1 N–H and O–H groups in total. The minimum atomic E-state index is -0.358. The van der Waals surface area contributed by atoms with Crippen molar-refractivity contribution in [1.29, 1.82) is 0 Å². The van der Waals surface area contributed by atoms with Crippen molar-refractivity contribution in [1.82, 2.24) is 19.7 Å². The Hall–Kier alpha value is -2.19. The number of rotatable bonds is 11. The molecule has 7 nitrogen and oxygen atoms in total. The summed E-state index contributed by atoms with van der Waals surface area (Å²) in [4.78, 5) is 26.5. The van der Waals surface area contributed by atoms with Crippen LogP contribution in [0.4, 0.5) is 5.69 Å². The van der Waals surface area contributed by atoms with Gasteiger partial charge in [-0.15, -0.1) is 10.2 Å². The Bertz CT molecular complexity index is 865. The summed E-state index contributed by atoms with van der Waals surface area (Å²) in [7, 11) is 4.09. The Labute approximate surface area is 183 Å². The number of hydrogen-bond acceptors (Lipinski definition) is 6. The molecule has 2 rings (SSSR count). The second-order valence-electron chi connectivity index (χ2n) is 7.62. The standard InChI is InChI=1S/C22H33N5O2S/c1-7-9-13-27-20(19(8-2)26(5)6)24-25-22(27)30-16(4)21(29)23-18-12-10-11-17(14-18)15(3)28/h10-12,14,16,19H,7-9,13H2,1-6H3,(H,23,29)/t16-,19-/m1/s1. The quantitative estimate of drug-likeness (QED) is 0.419. The molecule has 30 heavy (non-hydrogen) atoms. The van der Waals surface area contributed by atoms with Crippen LogP contribution in [0.1, 0.15) is 69.2 Å². The van der Waals surface area contributed by atoms with E-state index in [1.807, 2.05) is 21.0 Å². The molecule has 0 bridgehead atoms. The van der Waals surface area contributed by atoms with E-state index in [9.17, 15) is 9.59 Å². The van der Waals surface area contributed by atoms with E-state index in [0.29, 0.717) is 11.3 Å². The van der Waals surface area contributed by atoms with Crippen molar-refractivity contribution in [2.75, 3.05) is 19.4 Å². The van der Waals surface area contributed by atoms with Gasteiger partial charge in [0, 0.05) is 17.8 Å². The van der Waals surface area contributed by atoms with E-state index in [4.69, 9.17) is 0 Å². The third-order valence-electron chi connectivity index (χ3n) is 4.98. The maximum atomic E-state index is 12.7. The van der Waals surface area contributed by atoms with E-state index < -0.39 is 0 Å². The first kappa shape index (κ1) is 24.1. The molecule has 1 amide bonds. The van der Waals surface area contributed by atoms with Crippen LogP contribution in [0, 0.1) is 0 Å². The monoisotopic (exact) mass is 431 g/mol. The Balaban J connectivity index is 2.17. The van der Waals surface area contributed by atoms with Crippen LogP contribution >= 0.6 is 11.8 Å². The molecule has 0 aliphatic heterocycles. The lowest BCUT2D eigenvalue weighted by atomic mass is 10.1. The van der Waals surface area contributed by atoms with Gasteiger partial charge in [-0.1, -0.05) is 44.2 Å². The van der Waals surface area contributed by atoms with Crippen molar-refractivity contribution < 1.29 is 9.59 Å². The van der Waals surface area contributed by atoms with E-state index in [2.05, 4.69) is 38.8 Å². The smallest absolute Gasteiger partial charge is 0.237 e. The van der Waals surface area contributed by atoms with E-state index in [1.165, 1.54) is 18.7 Å². The van der Waals surface area contributed by atoms with Gasteiger partial charge in [-0.2, -0.15) is 0 Å². The molecule has 0 saturated carbocycles. The summed E-state index contributed by atoms with van der Waals surface area (Å²) in [5.74, 6) is 0.781. The lowest BCUT2D eigenvalue weighted by Crippen LogP contribution is -2.24. The number of aromatic nitrogens is 3. The average molecular weight is 432 g/mol. The van der Waals surface area contributed by atoms with Gasteiger partial charge in [0.15, 0.2) is 16.8 Å². The number of nitrogens with one attached hydrogen (secondary N) is 1. The molecule has 8 heteroatoms. The zero-order valence-electron chi connectivity index (χ0n) is 18.8. The molecule has 0 unspecified atom stereocenters. The first-order chi connectivity index (χ1) is 14.3. The van der Waals surface area contributed by atoms with Gasteiger partial charge in [-0.3, -0.25) is 14.5 Å². The van der Waals surface area contributed by atoms with E-state index >= 15 is 0 Å². The number of ketones is 1. The van der Waals surface area contributed by atoms with Gasteiger partial charge in [0.1, 0.15) is 0 Å². The first-order valence-corrected chi connectivity index (χ1v) is 11.3. The number of nitrogens with zero attached hydrogens (tertiary/aromatic N) is 4. The van der Waals surface area contributed by atoms with E-state index in [-0.39, 0.29) is 23.0 Å². The first-order valence-electron chi connectivity index (χ1n) is 10.5. The van der Waals surface area contributed by atoms with Gasteiger partial charge in [0.25, 0.3) is 0 Å². The number of Topliss-reactive ketones (excluding diaryl/α,β-unsaturated/α-hetero) is 1. The summed E-state index contributed by atoms with van der Waals surface area (Å²) in [5.41, 5.74) is 1.19. The largest absolute Gasteiger partial charge is 0.325 e. The molecule has 2 atom stereocenters. The van der Waals surface area contributed by atoms with Crippen LogP contribution < -0.4 is 5.32 Å². The van der Waals surface area contributed by atoms with Crippen LogP contribution in [0.15, 0.2) is 29.4 Å². The number of hydrogen-bond donors (Lipinski definition) is 1. The molecule has 1 aromatic carbocycles. The second-order valence-corrected chi connectivity index (χ2v) is 8.93. The Kier molecular flexibility index (Phi) is 9.05. The molecule has 164 valence electrons. The highest BCUT2D eigenvalue weighted by atomic mass is 32.2. The van der Waals surface area contributed by atoms with Crippen LogP contribution in [0.25, 0.3) is 0 Å². The lowest BCUT2D eigenvalue weighted by Gasteiger charge is -2.23. The number of thioether (sulfide) groups is 1. The number of carbonyl (C=O) groups is 2. The summed E-state index contributed by atoms with van der Waals surface area (Å²) < 4.78 is 2.16. The molecule has 2 aromatic rings. The van der Waals surface area contributed by atoms with E-state index in [1.54, 1.807) is 24.3 Å². The van der Waals surface area contributed by atoms with Crippen molar-refractivity contribution in [2.45, 2.75) is 70.0 Å². The lowest BCUT2D eigenvalue weighted by molar-refractivity contribution is -0.115. The van der Waals surface area contributed by atoms with Gasteiger partial charge >= 0.3 is 0 Å². The Morgan fingerprint density at radius 1 is 1.23 bits per heavy atom. The highest BCUT2D eigenvalue weighted by Gasteiger charge is 2.24. The summed E-state index contributed by atoms with van der Waals surface area (Å²) in [6.45, 7) is 8.50. The van der Waals surface area contributed by atoms with Crippen LogP contribution in [0.2, 0.25) is 0 Å². The molecular formula is C22H33N5O2S. The van der Waals surface area contributed by atoms with Crippen LogP contribution in [0.3, 0.4) is 0 Å². The number of amides is 1. The average Bonchev–Trinajstić information content (AvgIpc) is 3.08. The molecule has 0 saturated heterocycles. The topological polar surface area (TPSA) is 80.1 Å². The zero-order chi connectivity index (χ0) is 22.3. The third-order valence-corrected chi connectivity index (χ3v) is 6.06. The van der Waals surface area contributed by atoms with Crippen molar-refractivity contribution in [2.24, 2.45) is 0 Å². The van der Waals surface area contributed by atoms with Gasteiger partial charge in [0.05, 0.1) is 11.3 Å². The Morgan fingerprint density at radius 2 is 1.97 bits per heavy atom. The molecule has 0 radical (unpaired) electrons. The number of carbonyl (C=O) groups excluding carboxylic acids is 2. The maximum absolute atomic E-state index is 12.7. The van der Waals surface area contributed by atoms with Gasteiger partial charge in [0.2, 0.25) is 5.91 Å². The molecular weight excluding hydrogens is 398 g/mol. The van der Waals surface area contributed by atoms with Crippen molar-refractivity contribution >= 4 is 29.1 Å². The summed E-state index contributed by atoms with van der Waals surface area (Å²) in [6, 6.07) is 7.17. The fourth-order valence-corrected chi connectivity index (χ4v) is 4.09. The van der Waals surface area contributed by atoms with Crippen molar-refractivity contribution in [3.63, 3.8) is 0 Å². The molecule has 1 heterocycles. The SMILES string of the molecule is CCCCn1c(S[C@H](C)C(=O)Nc2cccc(C(C)=O)c2)nnc1[C@@H](CC)N(C)C. The highest BCUT2D eigenvalue weighted by Crippen LogP contribution is 2.28. The second kappa shape index (κ2) is 11.3. The van der Waals surface area contributed by atoms with Gasteiger partial charge in [-0.05, 0) is 52.9 Å². The molecule has 0 fully saturated rings. The maximum Gasteiger partial charge on any atom is 0.237 e. The number of anilines is 1. The minimum Gasteiger partial charge on any atom is -0.325 e. The molecule has 0 aliphatic rings.